The summed E-state index contributed by atoms with van der Waals surface area (Å²) in [7, 11) is -3.44. The topological polar surface area (TPSA) is 66.4 Å². The van der Waals surface area contributed by atoms with Crippen LogP contribution in [0.15, 0.2) is 12.1 Å². The lowest BCUT2D eigenvalue weighted by atomic mass is 10.1. The third-order valence-corrected chi connectivity index (χ3v) is 4.73. The van der Waals surface area contributed by atoms with Crippen LogP contribution >= 0.6 is 11.6 Å². The van der Waals surface area contributed by atoms with Gasteiger partial charge in [-0.05, 0) is 31.4 Å². The standard InChI is InChI=1S/C12H18ClNO3S/c1-8(6-13)7-18(16,17)14-11-5-4-9(2)12(15)10(11)3/h4-5,8,14-15H,6-7H2,1-3H3. The number of aryl methyl sites for hydroxylation is 1. The maximum Gasteiger partial charge on any atom is 0.233 e. The molecule has 0 spiro atoms. The molecule has 1 aromatic rings. The summed E-state index contributed by atoms with van der Waals surface area (Å²) >= 11 is 5.61. The van der Waals surface area contributed by atoms with Gasteiger partial charge in [0.25, 0.3) is 0 Å². The van der Waals surface area contributed by atoms with Crippen LogP contribution in [0, 0.1) is 19.8 Å². The summed E-state index contributed by atoms with van der Waals surface area (Å²) in [6, 6.07) is 3.32. The molecule has 1 unspecified atom stereocenters. The molecule has 0 heterocycles. The number of aromatic hydroxyl groups is 1. The van der Waals surface area contributed by atoms with Crippen LogP contribution in [-0.2, 0) is 10.0 Å². The Morgan fingerprint density at radius 3 is 2.56 bits per heavy atom. The van der Waals surface area contributed by atoms with Gasteiger partial charge in [-0.1, -0.05) is 13.0 Å². The smallest absolute Gasteiger partial charge is 0.233 e. The first-order chi connectivity index (χ1) is 8.26. The van der Waals surface area contributed by atoms with E-state index in [1.165, 1.54) is 0 Å². The van der Waals surface area contributed by atoms with Gasteiger partial charge in [-0.25, -0.2) is 8.42 Å². The number of nitrogens with one attached hydrogen (secondary N) is 1. The van der Waals surface area contributed by atoms with Crippen molar-refractivity contribution in [2.45, 2.75) is 20.8 Å². The Morgan fingerprint density at radius 1 is 1.39 bits per heavy atom. The number of hydrogen-bond acceptors (Lipinski definition) is 3. The van der Waals surface area contributed by atoms with E-state index in [2.05, 4.69) is 4.72 Å². The highest BCUT2D eigenvalue weighted by Gasteiger charge is 2.17. The fourth-order valence-corrected chi connectivity index (χ4v) is 3.32. The number of rotatable bonds is 5. The molecule has 0 aromatic heterocycles. The van der Waals surface area contributed by atoms with Gasteiger partial charge in [0.2, 0.25) is 10.0 Å². The Kier molecular flexibility index (Phi) is 4.87. The molecule has 1 rings (SSSR count). The minimum Gasteiger partial charge on any atom is -0.507 e. The van der Waals surface area contributed by atoms with Crippen LogP contribution in [0.1, 0.15) is 18.1 Å². The fourth-order valence-electron chi connectivity index (χ4n) is 1.57. The Morgan fingerprint density at radius 2 is 2.00 bits per heavy atom. The summed E-state index contributed by atoms with van der Waals surface area (Å²) in [4.78, 5) is 0. The average Bonchev–Trinajstić information content (AvgIpc) is 2.29. The highest BCUT2D eigenvalue weighted by molar-refractivity contribution is 7.92. The Labute approximate surface area is 113 Å². The van der Waals surface area contributed by atoms with Crippen molar-refractivity contribution >= 4 is 27.3 Å². The number of phenols is 1. The number of alkyl halides is 1. The third-order valence-electron chi connectivity index (χ3n) is 2.67. The Bertz CT molecular complexity index is 528. The predicted octanol–water partition coefficient (Wildman–Crippen LogP) is 2.63. The first-order valence-electron chi connectivity index (χ1n) is 5.62. The second-order valence-electron chi connectivity index (χ2n) is 4.55. The van der Waals surface area contributed by atoms with Crippen molar-refractivity contribution in [3.05, 3.63) is 23.3 Å². The summed E-state index contributed by atoms with van der Waals surface area (Å²) in [6.45, 7) is 5.20. The second-order valence-corrected chi connectivity index (χ2v) is 6.62. The van der Waals surface area contributed by atoms with E-state index in [1.807, 2.05) is 0 Å². The lowest BCUT2D eigenvalue weighted by Gasteiger charge is -2.14. The molecule has 0 amide bonds. The van der Waals surface area contributed by atoms with E-state index in [9.17, 15) is 13.5 Å². The van der Waals surface area contributed by atoms with Crippen molar-refractivity contribution in [1.29, 1.82) is 0 Å². The minimum absolute atomic E-state index is 0.0371. The van der Waals surface area contributed by atoms with Crippen LogP contribution in [-0.4, -0.2) is 25.2 Å². The normalized spacial score (nSPS) is 13.3. The van der Waals surface area contributed by atoms with Crippen molar-refractivity contribution in [1.82, 2.24) is 0 Å². The number of benzene rings is 1. The van der Waals surface area contributed by atoms with Gasteiger partial charge in [0, 0.05) is 11.4 Å². The van der Waals surface area contributed by atoms with E-state index < -0.39 is 10.0 Å². The van der Waals surface area contributed by atoms with Gasteiger partial charge in [-0.2, -0.15) is 0 Å². The van der Waals surface area contributed by atoms with E-state index in [0.717, 1.165) is 0 Å². The molecule has 102 valence electrons. The first kappa shape index (κ1) is 15.1. The number of anilines is 1. The zero-order valence-corrected chi connectivity index (χ0v) is 12.3. The van der Waals surface area contributed by atoms with E-state index in [0.29, 0.717) is 22.7 Å². The lowest BCUT2D eigenvalue weighted by Crippen LogP contribution is -2.22. The molecule has 2 N–H and O–H groups in total. The van der Waals surface area contributed by atoms with Crippen LogP contribution in [0.2, 0.25) is 0 Å². The summed E-state index contributed by atoms with van der Waals surface area (Å²) in [5.74, 6) is 0.244. The molecule has 1 atom stereocenters. The van der Waals surface area contributed by atoms with Crippen LogP contribution in [0.5, 0.6) is 5.75 Å². The largest absolute Gasteiger partial charge is 0.507 e. The summed E-state index contributed by atoms with van der Waals surface area (Å²) in [5, 5.41) is 9.76. The molecule has 0 aliphatic heterocycles. The molecule has 0 bridgehead atoms. The highest BCUT2D eigenvalue weighted by atomic mass is 35.5. The summed E-state index contributed by atoms with van der Waals surface area (Å²) < 4.78 is 26.2. The van der Waals surface area contributed by atoms with Crippen molar-refractivity contribution in [3.63, 3.8) is 0 Å². The molecule has 0 aliphatic carbocycles. The first-order valence-corrected chi connectivity index (χ1v) is 7.81. The fraction of sp³-hybridized carbons (Fsp3) is 0.500. The van der Waals surface area contributed by atoms with E-state index in [1.54, 1.807) is 32.9 Å². The monoisotopic (exact) mass is 291 g/mol. The SMILES string of the molecule is Cc1ccc(NS(=O)(=O)CC(C)CCl)c(C)c1O. The number of sulfonamides is 1. The lowest BCUT2D eigenvalue weighted by molar-refractivity contribution is 0.467. The van der Waals surface area contributed by atoms with Gasteiger partial charge in [0.15, 0.2) is 0 Å². The van der Waals surface area contributed by atoms with Gasteiger partial charge >= 0.3 is 0 Å². The number of phenolic OH excluding ortho intramolecular Hbond substituents is 1. The van der Waals surface area contributed by atoms with Gasteiger partial charge in [0.1, 0.15) is 5.75 Å². The maximum atomic E-state index is 11.9. The van der Waals surface area contributed by atoms with Crippen LogP contribution in [0.25, 0.3) is 0 Å². The molecule has 0 fully saturated rings. The van der Waals surface area contributed by atoms with Crippen LogP contribution < -0.4 is 4.72 Å². The van der Waals surface area contributed by atoms with Crippen molar-refractivity contribution in [3.8, 4) is 5.75 Å². The number of hydrogen-bond donors (Lipinski definition) is 2. The quantitative estimate of drug-likeness (QED) is 0.820. The number of halogens is 1. The molecule has 0 saturated heterocycles. The molecule has 1 aromatic carbocycles. The van der Waals surface area contributed by atoms with E-state index in [4.69, 9.17) is 11.6 Å². The molecular weight excluding hydrogens is 274 g/mol. The zero-order valence-electron chi connectivity index (χ0n) is 10.7. The second kappa shape index (κ2) is 5.80. The zero-order chi connectivity index (χ0) is 13.9. The Balaban J connectivity index is 2.95. The summed E-state index contributed by atoms with van der Waals surface area (Å²) in [6.07, 6.45) is 0. The van der Waals surface area contributed by atoms with E-state index in [-0.39, 0.29) is 17.4 Å². The molecule has 0 radical (unpaired) electrons. The van der Waals surface area contributed by atoms with Gasteiger partial charge in [0.05, 0.1) is 11.4 Å². The average molecular weight is 292 g/mol. The highest BCUT2D eigenvalue weighted by Crippen LogP contribution is 2.28. The minimum atomic E-state index is -3.44. The van der Waals surface area contributed by atoms with Crippen molar-refractivity contribution in [2.75, 3.05) is 16.4 Å². The van der Waals surface area contributed by atoms with Crippen molar-refractivity contribution < 1.29 is 13.5 Å². The van der Waals surface area contributed by atoms with Crippen LogP contribution in [0.3, 0.4) is 0 Å². The summed E-state index contributed by atoms with van der Waals surface area (Å²) in [5.41, 5.74) is 1.64. The molecule has 18 heavy (non-hydrogen) atoms. The van der Waals surface area contributed by atoms with Gasteiger partial charge in [-0.3, -0.25) is 4.72 Å². The molecule has 4 nitrogen and oxygen atoms in total. The predicted molar refractivity (Wildman–Crippen MR) is 74.9 cm³/mol. The molecule has 6 heteroatoms. The molecule has 0 saturated carbocycles. The van der Waals surface area contributed by atoms with E-state index >= 15 is 0 Å². The van der Waals surface area contributed by atoms with Gasteiger partial charge < -0.3 is 5.11 Å². The van der Waals surface area contributed by atoms with Crippen molar-refractivity contribution in [2.24, 2.45) is 5.92 Å². The van der Waals surface area contributed by atoms with Crippen LogP contribution in [0.4, 0.5) is 5.69 Å². The van der Waals surface area contributed by atoms with Gasteiger partial charge in [-0.15, -0.1) is 11.6 Å². The third kappa shape index (κ3) is 3.78. The maximum absolute atomic E-state index is 11.9. The molecular formula is C12H18ClNO3S. The Hall–Kier alpha value is -0.940. The molecule has 0 aliphatic rings.